The fraction of sp³-hybridized carbons (Fsp3) is 0.240. The molecule has 0 heterocycles. The number of ether oxygens (including phenoxy) is 2. The van der Waals surface area contributed by atoms with Gasteiger partial charge in [0.1, 0.15) is 0 Å². The lowest BCUT2D eigenvalue weighted by atomic mass is 10.1. The number of methoxy groups -OCH3 is 1. The van der Waals surface area contributed by atoms with Gasteiger partial charge in [-0.3, -0.25) is 4.79 Å². The molecule has 1 amide bonds. The number of anilines is 2. The number of aryl methyl sites for hydroxylation is 2. The third kappa shape index (κ3) is 5.92. The molecule has 5 nitrogen and oxygen atoms in total. The number of halogens is 1. The van der Waals surface area contributed by atoms with Crippen LogP contribution >= 0.6 is 11.6 Å². The van der Waals surface area contributed by atoms with Crippen molar-refractivity contribution in [3.63, 3.8) is 0 Å². The summed E-state index contributed by atoms with van der Waals surface area (Å²) in [5, 5.41) is 6.99. The molecule has 2 N–H and O–H groups in total. The largest absolute Gasteiger partial charge is 0.493 e. The zero-order valence-electron chi connectivity index (χ0n) is 18.2. The molecule has 0 saturated heterocycles. The van der Waals surface area contributed by atoms with Gasteiger partial charge in [0.2, 0.25) is 0 Å². The molecule has 31 heavy (non-hydrogen) atoms. The van der Waals surface area contributed by atoms with Gasteiger partial charge in [0.05, 0.1) is 7.11 Å². The van der Waals surface area contributed by atoms with E-state index < -0.39 is 0 Å². The minimum absolute atomic E-state index is 0.108. The van der Waals surface area contributed by atoms with E-state index in [0.717, 1.165) is 38.7 Å². The van der Waals surface area contributed by atoms with Crippen molar-refractivity contribution >= 4 is 28.9 Å². The molecule has 3 aromatic rings. The summed E-state index contributed by atoms with van der Waals surface area (Å²) in [6.45, 7) is 6.45. The lowest BCUT2D eigenvalue weighted by Gasteiger charge is -2.14. The van der Waals surface area contributed by atoms with Gasteiger partial charge >= 0.3 is 0 Å². The number of nitrogens with one attached hydrogen (secondary N) is 2. The normalized spacial score (nSPS) is 10.5. The van der Waals surface area contributed by atoms with Crippen molar-refractivity contribution in [3.05, 3.63) is 81.9 Å². The Morgan fingerprint density at radius 1 is 0.968 bits per heavy atom. The number of benzene rings is 3. The highest BCUT2D eigenvalue weighted by Crippen LogP contribution is 2.29. The van der Waals surface area contributed by atoms with Crippen LogP contribution in [-0.4, -0.2) is 19.6 Å². The van der Waals surface area contributed by atoms with E-state index in [1.165, 1.54) is 0 Å². The molecule has 0 unspecified atom stereocenters. The Morgan fingerprint density at radius 2 is 1.77 bits per heavy atom. The molecule has 6 heteroatoms. The molecule has 3 aromatic carbocycles. The van der Waals surface area contributed by atoms with Gasteiger partial charge in [-0.05, 0) is 67.8 Å². The summed E-state index contributed by atoms with van der Waals surface area (Å²) in [4.78, 5) is 12.3. The topological polar surface area (TPSA) is 59.6 Å². The van der Waals surface area contributed by atoms with Crippen LogP contribution in [0.15, 0.2) is 54.6 Å². The Morgan fingerprint density at radius 3 is 2.52 bits per heavy atom. The summed E-state index contributed by atoms with van der Waals surface area (Å²) in [5.74, 6) is 0.860. The minimum atomic E-state index is -0.226. The number of carbonyl (C=O) groups is 1. The maximum atomic E-state index is 12.3. The molecule has 0 fully saturated rings. The van der Waals surface area contributed by atoms with Gasteiger partial charge in [-0.2, -0.15) is 0 Å². The first kappa shape index (κ1) is 22.5. The van der Waals surface area contributed by atoms with Crippen molar-refractivity contribution in [2.24, 2.45) is 0 Å². The molecule has 0 radical (unpaired) electrons. The Bertz CT molecular complexity index is 1080. The number of hydrogen-bond acceptors (Lipinski definition) is 4. The Hall–Kier alpha value is -3.18. The van der Waals surface area contributed by atoms with Crippen LogP contribution < -0.4 is 20.1 Å². The van der Waals surface area contributed by atoms with E-state index in [9.17, 15) is 4.79 Å². The van der Waals surface area contributed by atoms with Crippen molar-refractivity contribution in [2.45, 2.75) is 27.3 Å². The smallest absolute Gasteiger partial charge is 0.262 e. The monoisotopic (exact) mass is 438 g/mol. The molecule has 0 spiro atoms. The van der Waals surface area contributed by atoms with E-state index in [1.54, 1.807) is 7.11 Å². The first-order chi connectivity index (χ1) is 14.9. The average molecular weight is 439 g/mol. The van der Waals surface area contributed by atoms with Gasteiger partial charge in [-0.1, -0.05) is 41.4 Å². The van der Waals surface area contributed by atoms with E-state index in [-0.39, 0.29) is 12.5 Å². The molecular formula is C25H27ClN2O3. The van der Waals surface area contributed by atoms with E-state index in [1.807, 2.05) is 75.4 Å². The highest BCUT2D eigenvalue weighted by atomic mass is 35.5. The maximum Gasteiger partial charge on any atom is 0.262 e. The number of hydrogen-bond donors (Lipinski definition) is 2. The van der Waals surface area contributed by atoms with E-state index in [0.29, 0.717) is 18.0 Å². The second-order valence-corrected chi connectivity index (χ2v) is 7.81. The molecule has 3 rings (SSSR count). The Labute approximate surface area is 188 Å². The molecule has 0 aromatic heterocycles. The average Bonchev–Trinajstić information content (AvgIpc) is 2.75. The molecular weight excluding hydrogens is 412 g/mol. The van der Waals surface area contributed by atoms with Crippen LogP contribution in [0.4, 0.5) is 11.4 Å². The molecule has 0 aliphatic rings. The number of carbonyl (C=O) groups excluding carboxylic acids is 1. The predicted octanol–water partition coefficient (Wildman–Crippen LogP) is 5.90. The van der Waals surface area contributed by atoms with Crippen molar-refractivity contribution in [1.82, 2.24) is 0 Å². The van der Waals surface area contributed by atoms with Gasteiger partial charge in [0, 0.05) is 22.9 Å². The van der Waals surface area contributed by atoms with Gasteiger partial charge < -0.3 is 20.1 Å². The van der Waals surface area contributed by atoms with Crippen LogP contribution in [0.3, 0.4) is 0 Å². The van der Waals surface area contributed by atoms with Crippen LogP contribution in [0, 0.1) is 20.8 Å². The summed E-state index contributed by atoms with van der Waals surface area (Å²) in [6, 6.07) is 17.3. The number of amides is 1. The third-order valence-electron chi connectivity index (χ3n) is 4.99. The summed E-state index contributed by atoms with van der Waals surface area (Å²) in [6.07, 6.45) is 0. The molecule has 0 aliphatic heterocycles. The van der Waals surface area contributed by atoms with Crippen molar-refractivity contribution in [3.8, 4) is 11.5 Å². The Kier molecular flexibility index (Phi) is 7.42. The van der Waals surface area contributed by atoms with Crippen molar-refractivity contribution in [2.75, 3.05) is 24.4 Å². The predicted molar refractivity (Wildman–Crippen MR) is 127 cm³/mol. The first-order valence-electron chi connectivity index (χ1n) is 10.0. The van der Waals surface area contributed by atoms with Crippen LogP contribution in [-0.2, 0) is 11.3 Å². The highest BCUT2D eigenvalue weighted by molar-refractivity contribution is 6.31. The third-order valence-corrected chi connectivity index (χ3v) is 5.40. The van der Waals surface area contributed by atoms with Crippen LogP contribution in [0.5, 0.6) is 11.5 Å². The lowest BCUT2D eigenvalue weighted by Crippen LogP contribution is -2.20. The fourth-order valence-electron chi connectivity index (χ4n) is 3.22. The summed E-state index contributed by atoms with van der Waals surface area (Å²) in [7, 11) is 1.58. The van der Waals surface area contributed by atoms with Crippen LogP contribution in [0.1, 0.15) is 22.3 Å². The molecule has 0 bridgehead atoms. The summed E-state index contributed by atoms with van der Waals surface area (Å²) in [5.41, 5.74) is 5.95. The fourth-order valence-corrected chi connectivity index (χ4v) is 3.40. The minimum Gasteiger partial charge on any atom is -0.493 e. The molecule has 162 valence electrons. The second kappa shape index (κ2) is 10.2. The quantitative estimate of drug-likeness (QED) is 0.459. The number of rotatable bonds is 8. The summed E-state index contributed by atoms with van der Waals surface area (Å²) < 4.78 is 11.2. The highest BCUT2D eigenvalue weighted by Gasteiger charge is 2.11. The van der Waals surface area contributed by atoms with Crippen LogP contribution in [0.25, 0.3) is 0 Å². The SMILES string of the molecule is COc1cc(CNc2cccc(Cl)c2C)ccc1OCC(=O)Nc1ccc(C)cc1C. The lowest BCUT2D eigenvalue weighted by molar-refractivity contribution is -0.118. The Balaban J connectivity index is 1.60. The maximum absolute atomic E-state index is 12.3. The zero-order valence-corrected chi connectivity index (χ0v) is 19.0. The van der Waals surface area contributed by atoms with Crippen molar-refractivity contribution in [1.29, 1.82) is 0 Å². The standard InChI is InChI=1S/C25H27ClN2O3/c1-16-8-10-21(17(2)12-16)28-25(29)15-31-23-11-9-19(13-24(23)30-4)14-27-22-7-5-6-20(26)18(22)3/h5-13,27H,14-15H2,1-4H3,(H,28,29). The van der Waals surface area contributed by atoms with Crippen molar-refractivity contribution < 1.29 is 14.3 Å². The van der Waals surface area contributed by atoms with Crippen LogP contribution in [0.2, 0.25) is 5.02 Å². The van der Waals surface area contributed by atoms with E-state index in [4.69, 9.17) is 21.1 Å². The second-order valence-electron chi connectivity index (χ2n) is 7.41. The molecule has 0 atom stereocenters. The molecule has 0 saturated carbocycles. The van der Waals surface area contributed by atoms with Gasteiger partial charge in [0.25, 0.3) is 5.91 Å². The van der Waals surface area contributed by atoms with Gasteiger partial charge in [-0.25, -0.2) is 0 Å². The van der Waals surface area contributed by atoms with E-state index in [2.05, 4.69) is 10.6 Å². The van der Waals surface area contributed by atoms with E-state index >= 15 is 0 Å². The zero-order chi connectivity index (χ0) is 22.4. The molecule has 0 aliphatic carbocycles. The first-order valence-corrected chi connectivity index (χ1v) is 10.4. The van der Waals surface area contributed by atoms with Gasteiger partial charge in [0.15, 0.2) is 18.1 Å². The summed E-state index contributed by atoms with van der Waals surface area (Å²) >= 11 is 6.18. The van der Waals surface area contributed by atoms with Gasteiger partial charge in [-0.15, -0.1) is 0 Å².